The SMILES string of the molecule is COc1cc(NC(=O)c2cc(-c3ccc(Cl)cc3)n(C)n2)[nH]n1. The Morgan fingerprint density at radius 3 is 2.70 bits per heavy atom. The lowest BCUT2D eigenvalue weighted by atomic mass is 10.1. The van der Waals surface area contributed by atoms with Gasteiger partial charge in [-0.3, -0.25) is 14.6 Å². The monoisotopic (exact) mass is 331 g/mol. The van der Waals surface area contributed by atoms with Crippen molar-refractivity contribution >= 4 is 23.3 Å². The number of H-pyrrole nitrogens is 1. The van der Waals surface area contributed by atoms with E-state index in [1.54, 1.807) is 36.0 Å². The van der Waals surface area contributed by atoms with Crippen molar-refractivity contribution in [2.45, 2.75) is 0 Å². The molecule has 3 rings (SSSR count). The summed E-state index contributed by atoms with van der Waals surface area (Å²) in [5.74, 6) is 0.487. The van der Waals surface area contributed by atoms with E-state index >= 15 is 0 Å². The number of nitrogens with zero attached hydrogens (tertiary/aromatic N) is 3. The molecule has 1 amide bonds. The molecule has 8 heteroatoms. The highest BCUT2D eigenvalue weighted by Crippen LogP contribution is 2.22. The van der Waals surface area contributed by atoms with Gasteiger partial charge in [-0.1, -0.05) is 23.7 Å². The van der Waals surface area contributed by atoms with Crippen LogP contribution in [0, 0.1) is 0 Å². The van der Waals surface area contributed by atoms with Crippen molar-refractivity contribution in [2.75, 3.05) is 12.4 Å². The quantitative estimate of drug-likeness (QED) is 0.769. The number of methoxy groups -OCH3 is 1. The van der Waals surface area contributed by atoms with Gasteiger partial charge in [-0.2, -0.15) is 5.10 Å². The molecule has 118 valence electrons. The van der Waals surface area contributed by atoms with E-state index in [0.717, 1.165) is 11.3 Å². The Hall–Kier alpha value is -2.80. The van der Waals surface area contributed by atoms with E-state index < -0.39 is 0 Å². The zero-order valence-corrected chi connectivity index (χ0v) is 13.3. The molecule has 0 saturated carbocycles. The first-order chi connectivity index (χ1) is 11.1. The van der Waals surface area contributed by atoms with Crippen LogP contribution in [0.5, 0.6) is 5.88 Å². The maximum absolute atomic E-state index is 12.3. The van der Waals surface area contributed by atoms with Crippen molar-refractivity contribution in [1.29, 1.82) is 0 Å². The fourth-order valence-corrected chi connectivity index (χ4v) is 2.25. The molecule has 23 heavy (non-hydrogen) atoms. The van der Waals surface area contributed by atoms with Gasteiger partial charge in [0, 0.05) is 18.1 Å². The predicted molar refractivity (Wildman–Crippen MR) is 86.7 cm³/mol. The van der Waals surface area contributed by atoms with E-state index in [4.69, 9.17) is 16.3 Å². The van der Waals surface area contributed by atoms with Crippen LogP contribution in [0.1, 0.15) is 10.5 Å². The Labute approximate surface area is 137 Å². The topological polar surface area (TPSA) is 84.8 Å². The Morgan fingerprint density at radius 1 is 1.30 bits per heavy atom. The summed E-state index contributed by atoms with van der Waals surface area (Å²) in [5.41, 5.74) is 2.03. The third kappa shape index (κ3) is 3.19. The van der Waals surface area contributed by atoms with Gasteiger partial charge in [0.15, 0.2) is 5.69 Å². The van der Waals surface area contributed by atoms with Crippen LogP contribution in [0.2, 0.25) is 5.02 Å². The fourth-order valence-electron chi connectivity index (χ4n) is 2.13. The minimum atomic E-state index is -0.341. The largest absolute Gasteiger partial charge is 0.480 e. The van der Waals surface area contributed by atoms with Crippen LogP contribution >= 0.6 is 11.6 Å². The number of rotatable bonds is 4. The first-order valence-corrected chi connectivity index (χ1v) is 7.15. The van der Waals surface area contributed by atoms with Crippen molar-refractivity contribution in [3.8, 4) is 17.1 Å². The Bertz CT molecular complexity index is 838. The smallest absolute Gasteiger partial charge is 0.277 e. The van der Waals surface area contributed by atoms with E-state index in [1.165, 1.54) is 7.11 Å². The van der Waals surface area contributed by atoms with Crippen LogP contribution < -0.4 is 10.1 Å². The maximum atomic E-state index is 12.3. The molecule has 0 bridgehead atoms. The second kappa shape index (κ2) is 6.13. The number of aromatic amines is 1. The number of halogens is 1. The van der Waals surface area contributed by atoms with Crippen LogP contribution in [0.4, 0.5) is 5.82 Å². The molecule has 2 aromatic heterocycles. The summed E-state index contributed by atoms with van der Waals surface area (Å²) >= 11 is 5.89. The Morgan fingerprint density at radius 2 is 2.04 bits per heavy atom. The average molecular weight is 332 g/mol. The van der Waals surface area contributed by atoms with Crippen molar-refractivity contribution in [1.82, 2.24) is 20.0 Å². The van der Waals surface area contributed by atoms with Gasteiger partial charge in [0.2, 0.25) is 5.88 Å². The minimum Gasteiger partial charge on any atom is -0.480 e. The van der Waals surface area contributed by atoms with Crippen LogP contribution in [0.25, 0.3) is 11.3 Å². The molecule has 0 aliphatic rings. The number of benzene rings is 1. The van der Waals surface area contributed by atoms with Crippen molar-refractivity contribution in [3.05, 3.63) is 47.1 Å². The van der Waals surface area contributed by atoms with Gasteiger partial charge in [0.05, 0.1) is 12.8 Å². The molecule has 3 aromatic rings. The highest BCUT2D eigenvalue weighted by atomic mass is 35.5. The average Bonchev–Trinajstić information content (AvgIpc) is 3.15. The number of aryl methyl sites for hydroxylation is 1. The van der Waals surface area contributed by atoms with Gasteiger partial charge in [0.1, 0.15) is 5.82 Å². The van der Waals surface area contributed by atoms with Crippen molar-refractivity contribution < 1.29 is 9.53 Å². The van der Waals surface area contributed by atoms with E-state index in [-0.39, 0.29) is 5.91 Å². The molecule has 0 atom stereocenters. The van der Waals surface area contributed by atoms with Crippen LogP contribution in [0.3, 0.4) is 0 Å². The second-order valence-corrected chi connectivity index (χ2v) is 5.26. The molecule has 2 N–H and O–H groups in total. The Balaban J connectivity index is 1.82. The highest BCUT2D eigenvalue weighted by molar-refractivity contribution is 6.30. The van der Waals surface area contributed by atoms with Gasteiger partial charge in [-0.05, 0) is 23.8 Å². The van der Waals surface area contributed by atoms with Gasteiger partial charge < -0.3 is 10.1 Å². The molecule has 2 heterocycles. The predicted octanol–water partition coefficient (Wildman–Crippen LogP) is 2.72. The number of carbonyl (C=O) groups excluding carboxylic acids is 1. The van der Waals surface area contributed by atoms with Gasteiger partial charge in [0.25, 0.3) is 5.91 Å². The van der Waals surface area contributed by atoms with Crippen molar-refractivity contribution in [3.63, 3.8) is 0 Å². The lowest BCUT2D eigenvalue weighted by molar-refractivity contribution is 0.102. The minimum absolute atomic E-state index is 0.297. The lowest BCUT2D eigenvalue weighted by Gasteiger charge is -2.00. The first-order valence-electron chi connectivity index (χ1n) is 6.77. The van der Waals surface area contributed by atoms with E-state index in [2.05, 4.69) is 20.6 Å². The molecule has 0 aliphatic carbocycles. The molecular weight excluding hydrogens is 318 g/mol. The second-order valence-electron chi connectivity index (χ2n) is 4.82. The number of carbonyl (C=O) groups is 1. The third-order valence-corrected chi connectivity index (χ3v) is 3.52. The number of hydrogen-bond acceptors (Lipinski definition) is 4. The third-order valence-electron chi connectivity index (χ3n) is 3.26. The molecule has 0 radical (unpaired) electrons. The molecule has 0 fully saturated rings. The molecule has 0 aliphatic heterocycles. The molecular formula is C15H14ClN5O2. The van der Waals surface area contributed by atoms with Crippen LogP contribution in [-0.4, -0.2) is 33.0 Å². The summed E-state index contributed by atoms with van der Waals surface area (Å²) in [6.07, 6.45) is 0. The molecule has 0 spiro atoms. The molecule has 0 saturated heterocycles. The molecule has 1 aromatic carbocycles. The van der Waals surface area contributed by atoms with Crippen LogP contribution in [0.15, 0.2) is 36.4 Å². The van der Waals surface area contributed by atoms with Gasteiger partial charge in [-0.15, -0.1) is 5.10 Å². The summed E-state index contributed by atoms with van der Waals surface area (Å²) < 4.78 is 6.59. The summed E-state index contributed by atoms with van der Waals surface area (Å²) in [4.78, 5) is 12.3. The summed E-state index contributed by atoms with van der Waals surface area (Å²) in [7, 11) is 3.28. The van der Waals surface area contributed by atoms with Gasteiger partial charge >= 0.3 is 0 Å². The van der Waals surface area contributed by atoms with Crippen molar-refractivity contribution in [2.24, 2.45) is 7.05 Å². The number of nitrogens with one attached hydrogen (secondary N) is 2. The normalized spacial score (nSPS) is 10.6. The van der Waals surface area contributed by atoms with E-state index in [1.807, 2.05) is 12.1 Å². The zero-order chi connectivity index (χ0) is 16.4. The molecule has 7 nitrogen and oxygen atoms in total. The van der Waals surface area contributed by atoms with E-state index in [0.29, 0.717) is 22.4 Å². The summed E-state index contributed by atoms with van der Waals surface area (Å²) in [6.45, 7) is 0. The Kier molecular flexibility index (Phi) is 4.03. The number of ether oxygens (including phenoxy) is 1. The number of hydrogen-bond donors (Lipinski definition) is 2. The highest BCUT2D eigenvalue weighted by Gasteiger charge is 2.15. The maximum Gasteiger partial charge on any atom is 0.277 e. The number of amides is 1. The lowest BCUT2D eigenvalue weighted by Crippen LogP contribution is -2.13. The summed E-state index contributed by atoms with van der Waals surface area (Å²) in [5, 5.41) is 14.1. The summed E-state index contributed by atoms with van der Waals surface area (Å²) in [6, 6.07) is 10.6. The standard InChI is InChI=1S/C15H14ClN5O2/c1-21-12(9-3-5-10(16)6-4-9)7-11(20-21)15(22)17-13-8-14(23-2)19-18-13/h3-8H,1-2H3,(H2,17,18,19,22). The molecule has 0 unspecified atom stereocenters. The first kappa shape index (κ1) is 15.1. The zero-order valence-electron chi connectivity index (χ0n) is 12.5. The number of anilines is 1. The fraction of sp³-hybridized carbons (Fsp3) is 0.133. The van der Waals surface area contributed by atoms with Crippen LogP contribution in [-0.2, 0) is 7.05 Å². The van der Waals surface area contributed by atoms with Gasteiger partial charge in [-0.25, -0.2) is 0 Å². The van der Waals surface area contributed by atoms with E-state index in [9.17, 15) is 4.79 Å². The number of aromatic nitrogens is 4.